The van der Waals surface area contributed by atoms with Crippen molar-refractivity contribution in [3.05, 3.63) is 71.8 Å². The molecule has 2 fully saturated rings. The SMILES string of the molecule is C.CC(C)C(=O)N(C)[C@H](CN1CC[C@H](O)C1)c1ccccc1.CN[C@H](CN1CC[C@H](O)C1)c1ccccc1. The van der Waals surface area contributed by atoms with Crippen molar-refractivity contribution in [2.45, 2.75) is 58.4 Å². The molecule has 2 aromatic carbocycles. The average molecular weight is 527 g/mol. The lowest BCUT2D eigenvalue weighted by atomic mass is 10.0. The number of nitrogens with zero attached hydrogens (tertiary/aromatic N) is 3. The van der Waals surface area contributed by atoms with Crippen molar-refractivity contribution in [1.82, 2.24) is 20.0 Å². The molecule has 1 amide bonds. The summed E-state index contributed by atoms with van der Waals surface area (Å²) in [7, 11) is 3.87. The van der Waals surface area contributed by atoms with Crippen molar-refractivity contribution in [3.63, 3.8) is 0 Å². The van der Waals surface area contributed by atoms with Gasteiger partial charge in [-0.15, -0.1) is 0 Å². The van der Waals surface area contributed by atoms with Gasteiger partial charge in [0.05, 0.1) is 18.2 Å². The fourth-order valence-electron chi connectivity index (χ4n) is 5.20. The summed E-state index contributed by atoms with van der Waals surface area (Å²) in [5.74, 6) is 0.147. The Balaban J connectivity index is 0.000000269. The number of benzene rings is 2. The number of hydrogen-bond acceptors (Lipinski definition) is 6. The molecule has 2 aliphatic rings. The number of aliphatic hydroxyl groups excluding tert-OH is 2. The molecule has 0 spiro atoms. The van der Waals surface area contributed by atoms with E-state index < -0.39 is 0 Å². The number of aliphatic hydroxyl groups is 2. The zero-order chi connectivity index (χ0) is 26.8. The van der Waals surface area contributed by atoms with E-state index >= 15 is 0 Å². The van der Waals surface area contributed by atoms with Gasteiger partial charge in [-0.05, 0) is 31.0 Å². The first-order chi connectivity index (χ1) is 17.8. The molecule has 2 saturated heterocycles. The van der Waals surface area contributed by atoms with Gasteiger partial charge < -0.3 is 20.4 Å². The summed E-state index contributed by atoms with van der Waals surface area (Å²) in [5, 5.41) is 22.5. The van der Waals surface area contributed by atoms with E-state index in [2.05, 4.69) is 51.5 Å². The summed E-state index contributed by atoms with van der Waals surface area (Å²) in [6.07, 6.45) is 1.37. The Kier molecular flexibility index (Phi) is 13.4. The highest BCUT2D eigenvalue weighted by atomic mass is 16.3. The molecule has 0 saturated carbocycles. The van der Waals surface area contributed by atoms with Crippen LogP contribution in [0.1, 0.15) is 57.3 Å². The summed E-state index contributed by atoms with van der Waals surface area (Å²) in [6.45, 7) is 9.02. The summed E-state index contributed by atoms with van der Waals surface area (Å²) >= 11 is 0. The minimum atomic E-state index is -0.229. The van der Waals surface area contributed by atoms with Crippen LogP contribution in [0.25, 0.3) is 0 Å². The molecule has 2 aromatic rings. The van der Waals surface area contributed by atoms with Crippen molar-refractivity contribution >= 4 is 5.91 Å². The summed E-state index contributed by atoms with van der Waals surface area (Å²) < 4.78 is 0. The molecule has 3 N–H and O–H groups in total. The first-order valence-corrected chi connectivity index (χ1v) is 13.6. The van der Waals surface area contributed by atoms with Gasteiger partial charge in [-0.1, -0.05) is 81.9 Å². The van der Waals surface area contributed by atoms with Gasteiger partial charge in [-0.25, -0.2) is 0 Å². The van der Waals surface area contributed by atoms with E-state index in [9.17, 15) is 15.0 Å². The molecular formula is C31H50N4O3. The Morgan fingerprint density at radius 2 is 1.37 bits per heavy atom. The first kappa shape index (κ1) is 31.9. The van der Waals surface area contributed by atoms with Crippen molar-refractivity contribution in [2.75, 3.05) is 53.4 Å². The van der Waals surface area contributed by atoms with Gasteiger partial charge in [0, 0.05) is 58.3 Å². The molecule has 2 aliphatic heterocycles. The van der Waals surface area contributed by atoms with Gasteiger partial charge in [0.1, 0.15) is 0 Å². The number of rotatable bonds is 9. The van der Waals surface area contributed by atoms with Crippen LogP contribution in [0.4, 0.5) is 0 Å². The second-order valence-electron chi connectivity index (χ2n) is 10.7. The Morgan fingerprint density at radius 1 is 0.895 bits per heavy atom. The van der Waals surface area contributed by atoms with Gasteiger partial charge in [0.15, 0.2) is 0 Å². The van der Waals surface area contributed by atoms with E-state index in [0.717, 1.165) is 51.1 Å². The fraction of sp³-hybridized carbons (Fsp3) is 0.581. The number of likely N-dealkylation sites (N-methyl/N-ethyl adjacent to an activating group) is 2. The molecule has 7 nitrogen and oxygen atoms in total. The maximum atomic E-state index is 12.4. The second kappa shape index (κ2) is 16.0. The number of hydrogen-bond donors (Lipinski definition) is 3. The zero-order valence-electron chi connectivity index (χ0n) is 23.0. The van der Waals surface area contributed by atoms with Crippen LogP contribution in [-0.2, 0) is 4.79 Å². The van der Waals surface area contributed by atoms with E-state index in [-0.39, 0.29) is 37.5 Å². The molecule has 0 aliphatic carbocycles. The monoisotopic (exact) mass is 526 g/mol. The van der Waals surface area contributed by atoms with Crippen LogP contribution in [-0.4, -0.2) is 96.4 Å². The lowest BCUT2D eigenvalue weighted by Gasteiger charge is -2.33. The minimum Gasteiger partial charge on any atom is -0.392 e. The molecule has 4 atom stereocenters. The van der Waals surface area contributed by atoms with E-state index in [4.69, 9.17) is 0 Å². The lowest BCUT2D eigenvalue weighted by Crippen LogP contribution is -2.40. The van der Waals surface area contributed by atoms with Crippen LogP contribution in [0.3, 0.4) is 0 Å². The van der Waals surface area contributed by atoms with Crippen LogP contribution in [0.2, 0.25) is 0 Å². The van der Waals surface area contributed by atoms with Crippen LogP contribution in [0.5, 0.6) is 0 Å². The number of nitrogens with one attached hydrogen (secondary N) is 1. The van der Waals surface area contributed by atoms with Gasteiger partial charge in [-0.3, -0.25) is 14.6 Å². The number of carbonyl (C=O) groups excluding carboxylic acids is 1. The Labute approximate surface area is 230 Å². The van der Waals surface area contributed by atoms with Crippen molar-refractivity contribution in [3.8, 4) is 0 Å². The van der Waals surface area contributed by atoms with Crippen molar-refractivity contribution < 1.29 is 15.0 Å². The molecule has 38 heavy (non-hydrogen) atoms. The highest BCUT2D eigenvalue weighted by molar-refractivity contribution is 5.78. The molecule has 0 radical (unpaired) electrons. The maximum Gasteiger partial charge on any atom is 0.225 e. The maximum absolute atomic E-state index is 12.4. The van der Waals surface area contributed by atoms with Crippen molar-refractivity contribution in [2.24, 2.45) is 5.92 Å². The third-order valence-electron chi connectivity index (χ3n) is 7.41. The molecule has 212 valence electrons. The van der Waals surface area contributed by atoms with Gasteiger partial charge in [0.25, 0.3) is 0 Å². The fourth-order valence-corrected chi connectivity index (χ4v) is 5.20. The highest BCUT2D eigenvalue weighted by Gasteiger charge is 2.28. The molecule has 7 heteroatoms. The van der Waals surface area contributed by atoms with E-state index in [1.807, 2.05) is 57.1 Å². The Morgan fingerprint density at radius 3 is 1.79 bits per heavy atom. The largest absolute Gasteiger partial charge is 0.392 e. The smallest absolute Gasteiger partial charge is 0.225 e. The van der Waals surface area contributed by atoms with Gasteiger partial charge in [0.2, 0.25) is 5.91 Å². The second-order valence-corrected chi connectivity index (χ2v) is 10.7. The number of β-amino-alcohol motifs (C(OH)–C–C–N with tert-alkyl or cyclic N) is 2. The summed E-state index contributed by atoms with van der Waals surface area (Å²) in [5.41, 5.74) is 2.46. The van der Waals surface area contributed by atoms with Crippen LogP contribution in [0, 0.1) is 5.92 Å². The highest BCUT2D eigenvalue weighted by Crippen LogP contribution is 2.24. The summed E-state index contributed by atoms with van der Waals surface area (Å²) in [4.78, 5) is 18.8. The van der Waals surface area contributed by atoms with E-state index in [0.29, 0.717) is 12.6 Å². The predicted octanol–water partition coefficient (Wildman–Crippen LogP) is 3.56. The molecular weight excluding hydrogens is 476 g/mol. The number of amides is 1. The van der Waals surface area contributed by atoms with Crippen LogP contribution < -0.4 is 5.32 Å². The average Bonchev–Trinajstić information content (AvgIpc) is 3.53. The first-order valence-electron chi connectivity index (χ1n) is 13.6. The third-order valence-corrected chi connectivity index (χ3v) is 7.41. The van der Waals surface area contributed by atoms with Crippen LogP contribution >= 0.6 is 0 Å². The zero-order valence-corrected chi connectivity index (χ0v) is 23.0. The molecule has 4 rings (SSSR count). The Hall–Kier alpha value is -2.29. The molecule has 0 aromatic heterocycles. The number of likely N-dealkylation sites (tertiary alicyclic amines) is 2. The molecule has 2 heterocycles. The predicted molar refractivity (Wildman–Crippen MR) is 156 cm³/mol. The standard InChI is InChI=1S/C17H26N2O2.C13H20N2O.CH4/c1-13(2)17(21)18(3)16(14-7-5-4-6-8-14)12-19-10-9-15(20)11-19;1-14-13(11-5-3-2-4-6-11)10-15-8-7-12(16)9-15;/h4-8,13,15-16,20H,9-12H2,1-3H3;2-6,12-14,16H,7-10H2,1H3;1H4/t15-,16+;12-,13+;/m00./s1. The van der Waals surface area contributed by atoms with Crippen molar-refractivity contribution in [1.29, 1.82) is 0 Å². The molecule has 0 unspecified atom stereocenters. The summed E-state index contributed by atoms with van der Waals surface area (Å²) in [6, 6.07) is 21.0. The third kappa shape index (κ3) is 9.47. The van der Waals surface area contributed by atoms with E-state index in [1.54, 1.807) is 0 Å². The van der Waals surface area contributed by atoms with E-state index in [1.165, 1.54) is 5.56 Å². The Bertz CT molecular complexity index is 927. The number of carbonyl (C=O) groups is 1. The lowest BCUT2D eigenvalue weighted by molar-refractivity contribution is -0.135. The van der Waals surface area contributed by atoms with Gasteiger partial charge in [-0.2, -0.15) is 0 Å². The van der Waals surface area contributed by atoms with Gasteiger partial charge >= 0.3 is 0 Å². The normalized spacial score (nSPS) is 21.3. The molecule has 0 bridgehead atoms. The quantitative estimate of drug-likeness (QED) is 0.464. The topological polar surface area (TPSA) is 79.3 Å². The minimum absolute atomic E-state index is 0. The van der Waals surface area contributed by atoms with Crippen LogP contribution in [0.15, 0.2) is 60.7 Å².